The lowest BCUT2D eigenvalue weighted by Crippen LogP contribution is -2.29. The van der Waals surface area contributed by atoms with Crippen LogP contribution in [0.1, 0.15) is 12.8 Å². The van der Waals surface area contributed by atoms with Crippen molar-refractivity contribution >= 4 is 17.5 Å². The van der Waals surface area contributed by atoms with Gasteiger partial charge in [0.2, 0.25) is 5.95 Å². The smallest absolute Gasteiger partial charge is 0.224 e. The molecule has 9 heteroatoms. The highest BCUT2D eigenvalue weighted by atomic mass is 35.5. The number of imidazole rings is 1. The van der Waals surface area contributed by atoms with Crippen LogP contribution in [0.5, 0.6) is 0 Å². The number of halogens is 1. The minimum Gasteiger partial charge on any atom is -0.391 e. The Bertz CT molecular complexity index is 835. The number of nitrogens with zero attached hydrogens (tertiary/aromatic N) is 6. The normalized spacial score (nSPS) is 23.0. The lowest BCUT2D eigenvalue weighted by Gasteiger charge is -2.16. The molecule has 1 unspecified atom stereocenters. The van der Waals surface area contributed by atoms with Gasteiger partial charge in [0.05, 0.1) is 23.4 Å². The van der Waals surface area contributed by atoms with Crippen molar-refractivity contribution in [3.63, 3.8) is 0 Å². The average Bonchev–Trinajstić information content (AvgIpc) is 3.32. The Morgan fingerprint density at radius 2 is 2.24 bits per heavy atom. The number of hydrogen-bond acceptors (Lipinski definition) is 6. The molecule has 130 valence electrons. The molecular weight excluding hydrogens is 342 g/mol. The number of rotatable bonds is 5. The van der Waals surface area contributed by atoms with E-state index in [0.29, 0.717) is 23.3 Å². The summed E-state index contributed by atoms with van der Waals surface area (Å²) >= 11 is 5.90. The van der Waals surface area contributed by atoms with Crippen LogP contribution in [0.3, 0.4) is 0 Å². The molecule has 0 radical (unpaired) electrons. The van der Waals surface area contributed by atoms with Crippen LogP contribution in [0, 0.1) is 5.92 Å². The van der Waals surface area contributed by atoms with Crippen molar-refractivity contribution in [1.82, 2.24) is 29.3 Å². The summed E-state index contributed by atoms with van der Waals surface area (Å²) in [5.41, 5.74) is 0. The molecule has 3 aromatic rings. The van der Waals surface area contributed by atoms with E-state index in [0.717, 1.165) is 18.8 Å². The predicted octanol–water partition coefficient (Wildman–Crippen LogP) is 1.76. The van der Waals surface area contributed by atoms with Gasteiger partial charge in [0.25, 0.3) is 0 Å². The summed E-state index contributed by atoms with van der Waals surface area (Å²) in [6.07, 6.45) is 11.4. The van der Waals surface area contributed by atoms with Gasteiger partial charge in [-0.3, -0.25) is 9.25 Å². The van der Waals surface area contributed by atoms with Gasteiger partial charge in [-0.15, -0.1) is 0 Å². The number of aliphatic hydroxyl groups excluding tert-OH is 1. The largest absolute Gasteiger partial charge is 0.391 e. The molecular formula is C16H18ClN7O. The fourth-order valence-corrected chi connectivity index (χ4v) is 3.40. The third-order valence-corrected chi connectivity index (χ3v) is 4.59. The molecule has 25 heavy (non-hydrogen) atoms. The number of nitrogens with one attached hydrogen (secondary N) is 1. The van der Waals surface area contributed by atoms with Gasteiger partial charge >= 0.3 is 0 Å². The SMILES string of the molecule is O[C@@H]1CC(Cn2cc(Cl)cn2)C[C@H]1Nc1nccc(-n2ccnc2)n1. The van der Waals surface area contributed by atoms with Crippen molar-refractivity contribution in [2.45, 2.75) is 31.5 Å². The number of aromatic nitrogens is 6. The van der Waals surface area contributed by atoms with E-state index in [2.05, 4.69) is 25.4 Å². The first-order chi connectivity index (χ1) is 12.2. The number of aliphatic hydroxyl groups is 1. The summed E-state index contributed by atoms with van der Waals surface area (Å²) in [7, 11) is 0. The van der Waals surface area contributed by atoms with E-state index in [4.69, 9.17) is 11.6 Å². The molecule has 1 fully saturated rings. The zero-order valence-corrected chi connectivity index (χ0v) is 14.2. The van der Waals surface area contributed by atoms with Crippen molar-refractivity contribution in [1.29, 1.82) is 0 Å². The van der Waals surface area contributed by atoms with Crippen LogP contribution in [0.15, 0.2) is 43.4 Å². The Kier molecular flexibility index (Phi) is 4.37. The van der Waals surface area contributed by atoms with E-state index in [1.807, 2.05) is 21.5 Å². The Labute approximate surface area is 149 Å². The quantitative estimate of drug-likeness (QED) is 0.721. The van der Waals surface area contributed by atoms with Crippen LogP contribution in [-0.4, -0.2) is 46.6 Å². The summed E-state index contributed by atoms with van der Waals surface area (Å²) in [5.74, 6) is 1.54. The van der Waals surface area contributed by atoms with Crippen LogP contribution in [0.4, 0.5) is 5.95 Å². The number of anilines is 1. The summed E-state index contributed by atoms with van der Waals surface area (Å²) in [4.78, 5) is 12.8. The summed E-state index contributed by atoms with van der Waals surface area (Å²) in [5, 5.41) is 18.4. The molecule has 0 saturated heterocycles. The highest BCUT2D eigenvalue weighted by Gasteiger charge is 2.33. The van der Waals surface area contributed by atoms with Crippen molar-refractivity contribution in [2.24, 2.45) is 5.92 Å². The highest BCUT2D eigenvalue weighted by molar-refractivity contribution is 6.30. The molecule has 0 aromatic carbocycles. The Morgan fingerprint density at radius 1 is 1.32 bits per heavy atom. The van der Waals surface area contributed by atoms with Crippen LogP contribution in [-0.2, 0) is 6.54 Å². The maximum absolute atomic E-state index is 10.4. The van der Waals surface area contributed by atoms with Crippen LogP contribution < -0.4 is 5.32 Å². The Hall–Kier alpha value is -2.45. The molecule has 1 aliphatic carbocycles. The molecule has 0 amide bonds. The van der Waals surface area contributed by atoms with Gasteiger partial charge < -0.3 is 10.4 Å². The minimum atomic E-state index is -0.448. The molecule has 1 aliphatic rings. The van der Waals surface area contributed by atoms with Crippen molar-refractivity contribution in [3.05, 3.63) is 48.4 Å². The highest BCUT2D eigenvalue weighted by Crippen LogP contribution is 2.29. The van der Waals surface area contributed by atoms with Crippen LogP contribution in [0.2, 0.25) is 5.02 Å². The summed E-state index contributed by atoms with van der Waals surface area (Å²) in [6.45, 7) is 0.734. The average molecular weight is 360 g/mol. The lowest BCUT2D eigenvalue weighted by atomic mass is 10.1. The zero-order chi connectivity index (χ0) is 17.2. The van der Waals surface area contributed by atoms with Crippen molar-refractivity contribution in [2.75, 3.05) is 5.32 Å². The van der Waals surface area contributed by atoms with Crippen LogP contribution in [0.25, 0.3) is 5.82 Å². The third kappa shape index (κ3) is 3.64. The standard InChI is InChI=1S/C16H18ClN7O/c17-12-7-20-24(9-12)8-11-5-13(14(25)6-11)21-16-19-2-1-15(22-16)23-4-3-18-10-23/h1-4,7,9-11,13-14,25H,5-6,8H2,(H,19,21,22)/t11?,13-,14-/m1/s1. The molecule has 4 rings (SSSR count). The Balaban J connectivity index is 1.42. The molecule has 3 heterocycles. The molecule has 3 atom stereocenters. The van der Waals surface area contributed by atoms with E-state index in [1.54, 1.807) is 31.1 Å². The second-order valence-electron chi connectivity index (χ2n) is 6.24. The van der Waals surface area contributed by atoms with Gasteiger partial charge in [0.15, 0.2) is 0 Å². The van der Waals surface area contributed by atoms with E-state index < -0.39 is 6.10 Å². The molecule has 0 bridgehead atoms. The van der Waals surface area contributed by atoms with E-state index in [1.165, 1.54) is 0 Å². The van der Waals surface area contributed by atoms with Crippen molar-refractivity contribution in [3.8, 4) is 5.82 Å². The lowest BCUT2D eigenvalue weighted by molar-refractivity contribution is 0.165. The van der Waals surface area contributed by atoms with E-state index in [-0.39, 0.29) is 6.04 Å². The zero-order valence-electron chi connectivity index (χ0n) is 13.4. The topological polar surface area (TPSA) is 93.7 Å². The minimum absolute atomic E-state index is 0.0888. The molecule has 1 saturated carbocycles. The van der Waals surface area contributed by atoms with Gasteiger partial charge in [-0.2, -0.15) is 10.1 Å². The van der Waals surface area contributed by atoms with Gasteiger partial charge in [0.1, 0.15) is 12.1 Å². The maximum atomic E-state index is 10.4. The fourth-order valence-electron chi connectivity index (χ4n) is 3.25. The molecule has 0 aliphatic heterocycles. The molecule has 2 N–H and O–H groups in total. The second kappa shape index (κ2) is 6.81. The van der Waals surface area contributed by atoms with Gasteiger partial charge in [-0.1, -0.05) is 11.6 Å². The van der Waals surface area contributed by atoms with Crippen molar-refractivity contribution < 1.29 is 5.11 Å². The fraction of sp³-hybridized carbons (Fsp3) is 0.375. The molecule has 8 nitrogen and oxygen atoms in total. The van der Waals surface area contributed by atoms with Gasteiger partial charge in [-0.25, -0.2) is 9.97 Å². The second-order valence-corrected chi connectivity index (χ2v) is 6.68. The number of hydrogen-bond donors (Lipinski definition) is 2. The molecule has 3 aromatic heterocycles. The first-order valence-corrected chi connectivity index (χ1v) is 8.49. The summed E-state index contributed by atoms with van der Waals surface area (Å²) < 4.78 is 3.63. The van der Waals surface area contributed by atoms with Gasteiger partial charge in [0, 0.05) is 31.3 Å². The van der Waals surface area contributed by atoms with Gasteiger partial charge in [-0.05, 0) is 24.8 Å². The molecule has 0 spiro atoms. The Morgan fingerprint density at radius 3 is 3.00 bits per heavy atom. The van der Waals surface area contributed by atoms with Crippen LogP contribution >= 0.6 is 11.6 Å². The first kappa shape index (κ1) is 16.0. The maximum Gasteiger partial charge on any atom is 0.224 e. The monoisotopic (exact) mass is 359 g/mol. The first-order valence-electron chi connectivity index (χ1n) is 8.11. The predicted molar refractivity (Wildman–Crippen MR) is 92.5 cm³/mol. The van der Waals surface area contributed by atoms with E-state index >= 15 is 0 Å². The summed E-state index contributed by atoms with van der Waals surface area (Å²) in [6, 6.07) is 1.72. The van der Waals surface area contributed by atoms with E-state index in [9.17, 15) is 5.11 Å². The third-order valence-electron chi connectivity index (χ3n) is 4.40.